The van der Waals surface area contributed by atoms with E-state index in [4.69, 9.17) is 11.6 Å². The van der Waals surface area contributed by atoms with Gasteiger partial charge in [0.05, 0.1) is 5.69 Å². The van der Waals surface area contributed by atoms with Gasteiger partial charge in [-0.15, -0.1) is 11.3 Å². The van der Waals surface area contributed by atoms with Crippen molar-refractivity contribution >= 4 is 49.9 Å². The molecule has 2 aromatic carbocycles. The van der Waals surface area contributed by atoms with E-state index < -0.39 is 0 Å². The highest BCUT2D eigenvalue weighted by Gasteiger charge is 2.10. The third-order valence-corrected chi connectivity index (χ3v) is 4.45. The number of aromatic nitrogens is 1. The van der Waals surface area contributed by atoms with Crippen molar-refractivity contribution < 1.29 is 4.79 Å². The van der Waals surface area contributed by atoms with Crippen molar-refractivity contribution in [1.29, 1.82) is 0 Å². The van der Waals surface area contributed by atoms with E-state index in [-0.39, 0.29) is 5.91 Å². The molecule has 1 N–H and O–H groups in total. The van der Waals surface area contributed by atoms with Crippen molar-refractivity contribution in [2.75, 3.05) is 5.32 Å². The number of nitrogens with zero attached hydrogens (tertiary/aromatic N) is 1. The van der Waals surface area contributed by atoms with Crippen molar-refractivity contribution in [1.82, 2.24) is 4.98 Å². The zero-order chi connectivity index (χ0) is 15.5. The van der Waals surface area contributed by atoms with Gasteiger partial charge in [0.1, 0.15) is 0 Å². The van der Waals surface area contributed by atoms with Crippen LogP contribution in [0.4, 0.5) is 5.13 Å². The summed E-state index contributed by atoms with van der Waals surface area (Å²) in [5.41, 5.74) is 2.37. The Morgan fingerprint density at radius 1 is 1.18 bits per heavy atom. The molecule has 1 aromatic heterocycles. The smallest absolute Gasteiger partial charge is 0.257 e. The number of halogens is 2. The Bertz CT molecular complexity index is 817. The first kappa shape index (κ1) is 15.2. The molecular formula is C16H10BrClN2OS. The molecule has 0 fully saturated rings. The highest BCUT2D eigenvalue weighted by molar-refractivity contribution is 9.10. The molecule has 0 spiro atoms. The highest BCUT2D eigenvalue weighted by atomic mass is 79.9. The average molecular weight is 394 g/mol. The van der Waals surface area contributed by atoms with E-state index >= 15 is 0 Å². The maximum absolute atomic E-state index is 12.1. The van der Waals surface area contributed by atoms with Gasteiger partial charge in [0.2, 0.25) is 0 Å². The molecule has 0 atom stereocenters. The highest BCUT2D eigenvalue weighted by Crippen LogP contribution is 2.27. The molecule has 3 nitrogen and oxygen atoms in total. The minimum atomic E-state index is -0.202. The first-order valence-electron chi connectivity index (χ1n) is 6.40. The Kier molecular flexibility index (Phi) is 4.57. The van der Waals surface area contributed by atoms with Crippen molar-refractivity contribution in [3.05, 3.63) is 69.0 Å². The van der Waals surface area contributed by atoms with Crippen LogP contribution in [-0.4, -0.2) is 10.9 Å². The summed E-state index contributed by atoms with van der Waals surface area (Å²) in [6.07, 6.45) is 0. The monoisotopic (exact) mass is 392 g/mol. The summed E-state index contributed by atoms with van der Waals surface area (Å²) in [5.74, 6) is -0.202. The van der Waals surface area contributed by atoms with Crippen molar-refractivity contribution in [3.8, 4) is 11.3 Å². The largest absolute Gasteiger partial charge is 0.298 e. The summed E-state index contributed by atoms with van der Waals surface area (Å²) in [5, 5.41) is 5.88. The van der Waals surface area contributed by atoms with Gasteiger partial charge in [-0.1, -0.05) is 39.7 Å². The van der Waals surface area contributed by atoms with E-state index in [0.717, 1.165) is 15.7 Å². The zero-order valence-corrected chi connectivity index (χ0v) is 14.4. The second-order valence-electron chi connectivity index (χ2n) is 4.51. The molecule has 0 saturated carbocycles. The minimum Gasteiger partial charge on any atom is -0.298 e. The minimum absolute atomic E-state index is 0.202. The molecule has 110 valence electrons. The fraction of sp³-hybridized carbons (Fsp3) is 0. The summed E-state index contributed by atoms with van der Waals surface area (Å²) >= 11 is 10.6. The van der Waals surface area contributed by atoms with Gasteiger partial charge >= 0.3 is 0 Å². The second-order valence-corrected chi connectivity index (χ2v) is 6.72. The molecule has 3 aromatic rings. The lowest BCUT2D eigenvalue weighted by Crippen LogP contribution is -2.11. The van der Waals surface area contributed by atoms with Gasteiger partial charge in [0, 0.05) is 26.0 Å². The average Bonchev–Trinajstić information content (AvgIpc) is 2.96. The van der Waals surface area contributed by atoms with E-state index in [1.165, 1.54) is 11.3 Å². The van der Waals surface area contributed by atoms with E-state index in [1.54, 1.807) is 24.3 Å². The second kappa shape index (κ2) is 6.60. The number of hydrogen-bond acceptors (Lipinski definition) is 3. The van der Waals surface area contributed by atoms with E-state index in [0.29, 0.717) is 15.7 Å². The summed E-state index contributed by atoms with van der Waals surface area (Å²) in [4.78, 5) is 16.6. The summed E-state index contributed by atoms with van der Waals surface area (Å²) in [6.45, 7) is 0. The van der Waals surface area contributed by atoms with Crippen LogP contribution in [0.5, 0.6) is 0 Å². The van der Waals surface area contributed by atoms with Gasteiger partial charge in [-0.05, 0) is 36.4 Å². The SMILES string of the molecule is O=C(Nc1nc(-c2cccc(Br)c2)cs1)c1ccc(Cl)cc1. The van der Waals surface area contributed by atoms with Crippen LogP contribution in [0.3, 0.4) is 0 Å². The third-order valence-electron chi connectivity index (χ3n) is 2.95. The zero-order valence-electron chi connectivity index (χ0n) is 11.2. The summed E-state index contributed by atoms with van der Waals surface area (Å²) in [6, 6.07) is 14.6. The van der Waals surface area contributed by atoms with Gasteiger partial charge in [0.15, 0.2) is 5.13 Å². The predicted octanol–water partition coefficient (Wildman–Crippen LogP) is 5.48. The molecule has 6 heteroatoms. The lowest BCUT2D eigenvalue weighted by atomic mass is 10.2. The number of nitrogens with one attached hydrogen (secondary N) is 1. The fourth-order valence-corrected chi connectivity index (χ4v) is 3.12. The molecule has 0 unspecified atom stereocenters. The van der Waals surface area contributed by atoms with Crippen LogP contribution in [0.1, 0.15) is 10.4 Å². The number of rotatable bonds is 3. The van der Waals surface area contributed by atoms with Gasteiger partial charge in [0.25, 0.3) is 5.91 Å². The lowest BCUT2D eigenvalue weighted by molar-refractivity contribution is 0.102. The normalized spacial score (nSPS) is 10.5. The van der Waals surface area contributed by atoms with E-state index in [1.807, 2.05) is 29.6 Å². The van der Waals surface area contributed by atoms with Crippen LogP contribution < -0.4 is 5.32 Å². The number of amides is 1. The number of anilines is 1. The Balaban J connectivity index is 1.77. The van der Waals surface area contributed by atoms with Crippen LogP contribution in [0.2, 0.25) is 5.02 Å². The van der Waals surface area contributed by atoms with E-state index in [2.05, 4.69) is 26.2 Å². The van der Waals surface area contributed by atoms with Crippen LogP contribution >= 0.6 is 38.9 Å². The van der Waals surface area contributed by atoms with Crippen molar-refractivity contribution in [2.45, 2.75) is 0 Å². The van der Waals surface area contributed by atoms with E-state index in [9.17, 15) is 4.79 Å². The molecule has 0 radical (unpaired) electrons. The molecule has 0 aliphatic rings. The lowest BCUT2D eigenvalue weighted by Gasteiger charge is -2.01. The molecule has 0 aliphatic heterocycles. The standard InChI is InChI=1S/C16H10BrClN2OS/c17-12-3-1-2-11(8-12)14-9-22-16(19-14)20-15(21)10-4-6-13(18)7-5-10/h1-9H,(H,19,20,21). The first-order valence-corrected chi connectivity index (χ1v) is 8.45. The molecule has 22 heavy (non-hydrogen) atoms. The van der Waals surface area contributed by atoms with Crippen LogP contribution in [0.25, 0.3) is 11.3 Å². The van der Waals surface area contributed by atoms with Crippen molar-refractivity contribution in [3.63, 3.8) is 0 Å². The Morgan fingerprint density at radius 2 is 1.95 bits per heavy atom. The molecule has 0 bridgehead atoms. The quantitative estimate of drug-likeness (QED) is 0.640. The summed E-state index contributed by atoms with van der Waals surface area (Å²) < 4.78 is 0.991. The Labute approximate surface area is 145 Å². The summed E-state index contributed by atoms with van der Waals surface area (Å²) in [7, 11) is 0. The van der Waals surface area contributed by atoms with Gasteiger partial charge in [-0.3, -0.25) is 10.1 Å². The third kappa shape index (κ3) is 3.55. The number of carbonyl (C=O) groups is 1. The predicted molar refractivity (Wildman–Crippen MR) is 94.7 cm³/mol. The van der Waals surface area contributed by atoms with Gasteiger partial charge < -0.3 is 0 Å². The fourth-order valence-electron chi connectivity index (χ4n) is 1.88. The topological polar surface area (TPSA) is 42.0 Å². The number of hydrogen-bond donors (Lipinski definition) is 1. The Hall–Kier alpha value is -1.69. The molecule has 1 heterocycles. The van der Waals surface area contributed by atoms with Crippen molar-refractivity contribution in [2.24, 2.45) is 0 Å². The first-order chi connectivity index (χ1) is 10.6. The number of benzene rings is 2. The maximum Gasteiger partial charge on any atom is 0.257 e. The molecule has 0 aliphatic carbocycles. The maximum atomic E-state index is 12.1. The van der Waals surface area contributed by atoms with Gasteiger partial charge in [-0.2, -0.15) is 0 Å². The molecule has 1 amide bonds. The van der Waals surface area contributed by atoms with Crippen LogP contribution in [0, 0.1) is 0 Å². The van der Waals surface area contributed by atoms with Crippen LogP contribution in [-0.2, 0) is 0 Å². The van der Waals surface area contributed by atoms with Gasteiger partial charge in [-0.25, -0.2) is 4.98 Å². The molecule has 3 rings (SSSR count). The molecular weight excluding hydrogens is 384 g/mol. The van der Waals surface area contributed by atoms with Crippen LogP contribution in [0.15, 0.2) is 58.4 Å². The molecule has 0 saturated heterocycles. The number of carbonyl (C=O) groups excluding carboxylic acids is 1. The Morgan fingerprint density at radius 3 is 2.68 bits per heavy atom. The number of thiazole rings is 1.